The standard InChI is InChI=1S/C19H24F3N3O/c1-23-11-16-10-18(26-12-14-9-15(20)5-6-17(14)21)25(24-16)13-19(22)7-3-2-4-8-19/h5-6,9-10,23H,2-4,7-8,11-13H2,1H3. The van der Waals surface area contributed by atoms with E-state index in [9.17, 15) is 8.78 Å². The Balaban J connectivity index is 1.77. The maximum Gasteiger partial charge on any atom is 0.212 e. The molecule has 1 aromatic heterocycles. The zero-order valence-corrected chi connectivity index (χ0v) is 14.9. The van der Waals surface area contributed by atoms with E-state index in [1.807, 2.05) is 0 Å². The van der Waals surface area contributed by atoms with E-state index in [2.05, 4.69) is 10.4 Å². The van der Waals surface area contributed by atoms with Gasteiger partial charge < -0.3 is 10.1 Å². The first-order valence-electron chi connectivity index (χ1n) is 8.96. The van der Waals surface area contributed by atoms with Gasteiger partial charge in [0.1, 0.15) is 23.9 Å². The molecule has 1 fully saturated rings. The molecule has 0 aliphatic heterocycles. The fourth-order valence-corrected chi connectivity index (χ4v) is 3.36. The van der Waals surface area contributed by atoms with Gasteiger partial charge in [0.15, 0.2) is 0 Å². The first-order chi connectivity index (χ1) is 12.5. The largest absolute Gasteiger partial charge is 0.473 e. The number of hydrogen-bond acceptors (Lipinski definition) is 3. The van der Waals surface area contributed by atoms with Crippen molar-refractivity contribution in [3.05, 3.63) is 47.2 Å². The van der Waals surface area contributed by atoms with Crippen molar-refractivity contribution in [3.63, 3.8) is 0 Å². The molecule has 0 bridgehead atoms. The van der Waals surface area contributed by atoms with E-state index in [-0.39, 0.29) is 18.7 Å². The summed E-state index contributed by atoms with van der Waals surface area (Å²) in [5, 5.41) is 7.41. The van der Waals surface area contributed by atoms with E-state index in [4.69, 9.17) is 4.74 Å². The molecule has 2 aromatic rings. The lowest BCUT2D eigenvalue weighted by molar-refractivity contribution is 0.0763. The lowest BCUT2D eigenvalue weighted by Gasteiger charge is -2.29. The second-order valence-corrected chi connectivity index (χ2v) is 6.90. The molecule has 1 aromatic carbocycles. The predicted octanol–water partition coefficient (Wildman–Crippen LogP) is 4.13. The van der Waals surface area contributed by atoms with Crippen molar-refractivity contribution in [3.8, 4) is 5.88 Å². The normalized spacial score (nSPS) is 16.6. The lowest BCUT2D eigenvalue weighted by atomic mass is 9.86. The smallest absolute Gasteiger partial charge is 0.212 e. The van der Waals surface area contributed by atoms with Crippen molar-refractivity contribution >= 4 is 0 Å². The van der Waals surface area contributed by atoms with Crippen molar-refractivity contribution in [2.75, 3.05) is 7.05 Å². The number of ether oxygens (including phenoxy) is 1. The van der Waals surface area contributed by atoms with Gasteiger partial charge in [-0.1, -0.05) is 19.3 Å². The van der Waals surface area contributed by atoms with Gasteiger partial charge in [-0.15, -0.1) is 0 Å². The molecule has 3 rings (SSSR count). The maximum atomic E-state index is 15.1. The van der Waals surface area contributed by atoms with E-state index in [1.54, 1.807) is 13.1 Å². The highest BCUT2D eigenvalue weighted by Gasteiger charge is 2.33. The number of aromatic nitrogens is 2. The van der Waals surface area contributed by atoms with Crippen LogP contribution in [0.3, 0.4) is 0 Å². The number of halogens is 3. The Morgan fingerprint density at radius 2 is 1.96 bits per heavy atom. The zero-order chi connectivity index (χ0) is 18.6. The molecule has 26 heavy (non-hydrogen) atoms. The highest BCUT2D eigenvalue weighted by atomic mass is 19.1. The first-order valence-corrected chi connectivity index (χ1v) is 8.96. The first kappa shape index (κ1) is 18.8. The molecular weight excluding hydrogens is 343 g/mol. The van der Waals surface area contributed by atoms with Gasteiger partial charge in [-0.2, -0.15) is 5.10 Å². The third kappa shape index (κ3) is 4.58. The molecule has 0 atom stereocenters. The molecule has 1 aliphatic rings. The number of hydrogen-bond donors (Lipinski definition) is 1. The van der Waals surface area contributed by atoms with Crippen LogP contribution in [0.25, 0.3) is 0 Å². The number of rotatable bonds is 7. The van der Waals surface area contributed by atoms with Crippen LogP contribution in [0.2, 0.25) is 0 Å². The van der Waals surface area contributed by atoms with Gasteiger partial charge in [0.2, 0.25) is 5.88 Å². The fourth-order valence-electron chi connectivity index (χ4n) is 3.36. The van der Waals surface area contributed by atoms with Crippen LogP contribution in [0.5, 0.6) is 5.88 Å². The molecule has 1 saturated carbocycles. The number of benzene rings is 1. The van der Waals surface area contributed by atoms with Gasteiger partial charge in [-0.25, -0.2) is 17.9 Å². The molecule has 0 saturated heterocycles. The zero-order valence-electron chi connectivity index (χ0n) is 14.9. The van der Waals surface area contributed by atoms with Crippen molar-refractivity contribution in [2.24, 2.45) is 0 Å². The summed E-state index contributed by atoms with van der Waals surface area (Å²) < 4.78 is 49.4. The molecule has 1 aliphatic carbocycles. The van der Waals surface area contributed by atoms with Crippen molar-refractivity contribution < 1.29 is 17.9 Å². The molecule has 7 heteroatoms. The van der Waals surface area contributed by atoms with E-state index in [1.165, 1.54) is 4.68 Å². The summed E-state index contributed by atoms with van der Waals surface area (Å²) >= 11 is 0. The van der Waals surface area contributed by atoms with E-state index >= 15 is 4.39 Å². The third-order valence-corrected chi connectivity index (χ3v) is 4.72. The molecule has 0 unspecified atom stereocenters. The Bertz CT molecular complexity index is 742. The van der Waals surface area contributed by atoms with E-state index in [0.717, 1.165) is 37.5 Å². The van der Waals surface area contributed by atoms with Crippen LogP contribution in [0, 0.1) is 11.6 Å². The van der Waals surface area contributed by atoms with Crippen LogP contribution in [0.15, 0.2) is 24.3 Å². The average molecular weight is 367 g/mol. The second-order valence-electron chi connectivity index (χ2n) is 6.90. The number of nitrogens with one attached hydrogen (secondary N) is 1. The van der Waals surface area contributed by atoms with Crippen LogP contribution in [-0.2, 0) is 19.7 Å². The molecule has 4 nitrogen and oxygen atoms in total. The highest BCUT2D eigenvalue weighted by Crippen LogP contribution is 2.34. The SMILES string of the molecule is CNCc1cc(OCc2cc(F)ccc2F)n(CC2(F)CCCCC2)n1. The molecule has 1 N–H and O–H groups in total. The second kappa shape index (κ2) is 8.12. The minimum absolute atomic E-state index is 0.109. The van der Waals surface area contributed by atoms with Gasteiger partial charge in [0, 0.05) is 18.2 Å². The van der Waals surface area contributed by atoms with Crippen LogP contribution in [-0.4, -0.2) is 22.5 Å². The minimum Gasteiger partial charge on any atom is -0.473 e. The Morgan fingerprint density at radius 1 is 1.19 bits per heavy atom. The van der Waals surface area contributed by atoms with Gasteiger partial charge in [0.25, 0.3) is 0 Å². The monoisotopic (exact) mass is 367 g/mol. The minimum atomic E-state index is -1.30. The maximum absolute atomic E-state index is 15.1. The van der Waals surface area contributed by atoms with Crippen molar-refractivity contribution in [2.45, 2.75) is 57.5 Å². The Labute approximate surface area is 151 Å². The summed E-state index contributed by atoms with van der Waals surface area (Å²) in [6.07, 6.45) is 3.80. The topological polar surface area (TPSA) is 39.1 Å². The summed E-state index contributed by atoms with van der Waals surface area (Å²) in [7, 11) is 1.79. The molecule has 1 heterocycles. The fraction of sp³-hybridized carbons (Fsp3) is 0.526. The Kier molecular flexibility index (Phi) is 5.86. The highest BCUT2D eigenvalue weighted by molar-refractivity contribution is 5.21. The quantitative estimate of drug-likeness (QED) is 0.800. The summed E-state index contributed by atoms with van der Waals surface area (Å²) in [6, 6.07) is 4.93. The van der Waals surface area contributed by atoms with Crippen LogP contribution < -0.4 is 10.1 Å². The molecular formula is C19H24F3N3O. The van der Waals surface area contributed by atoms with Gasteiger partial charge in [0.05, 0.1) is 12.2 Å². The summed E-state index contributed by atoms with van der Waals surface area (Å²) in [5.74, 6) is -0.706. The van der Waals surface area contributed by atoms with Crippen molar-refractivity contribution in [1.82, 2.24) is 15.1 Å². The number of alkyl halides is 1. The average Bonchev–Trinajstić information content (AvgIpc) is 2.97. The summed E-state index contributed by atoms with van der Waals surface area (Å²) in [5.41, 5.74) is -0.481. The van der Waals surface area contributed by atoms with Crippen molar-refractivity contribution in [1.29, 1.82) is 0 Å². The van der Waals surface area contributed by atoms with E-state index in [0.29, 0.717) is 31.0 Å². The molecule has 142 valence electrons. The van der Waals surface area contributed by atoms with Crippen LogP contribution in [0.1, 0.15) is 43.4 Å². The molecule has 0 spiro atoms. The third-order valence-electron chi connectivity index (χ3n) is 4.72. The van der Waals surface area contributed by atoms with Crippen LogP contribution in [0.4, 0.5) is 13.2 Å². The van der Waals surface area contributed by atoms with Gasteiger partial charge in [-0.05, 0) is 38.1 Å². The Hall–Kier alpha value is -2.02. The lowest BCUT2D eigenvalue weighted by Crippen LogP contribution is -2.32. The molecule has 0 radical (unpaired) electrons. The van der Waals surface area contributed by atoms with Crippen LogP contribution >= 0.6 is 0 Å². The van der Waals surface area contributed by atoms with Gasteiger partial charge in [-0.3, -0.25) is 0 Å². The summed E-state index contributed by atoms with van der Waals surface area (Å²) in [4.78, 5) is 0. The molecule has 0 amide bonds. The van der Waals surface area contributed by atoms with Gasteiger partial charge >= 0.3 is 0 Å². The van der Waals surface area contributed by atoms with E-state index < -0.39 is 17.3 Å². The predicted molar refractivity (Wildman–Crippen MR) is 92.6 cm³/mol. The summed E-state index contributed by atoms with van der Waals surface area (Å²) in [6.45, 7) is 0.474. The Morgan fingerprint density at radius 3 is 2.69 bits per heavy atom. The number of nitrogens with zero attached hydrogens (tertiary/aromatic N) is 2.